The van der Waals surface area contributed by atoms with Crippen LogP contribution in [0.4, 0.5) is 4.79 Å². The molecule has 0 saturated carbocycles. The summed E-state index contributed by atoms with van der Waals surface area (Å²) in [6, 6.07) is 16.4. The largest absolute Gasteiger partial charge is 0.293 e. The Morgan fingerprint density at radius 3 is 2.12 bits per heavy atom. The molecule has 1 aliphatic rings. The Labute approximate surface area is 150 Å². The van der Waals surface area contributed by atoms with Gasteiger partial charge in [-0.3, -0.25) is 14.5 Å². The van der Waals surface area contributed by atoms with Gasteiger partial charge in [-0.1, -0.05) is 41.6 Å². The smallest absolute Gasteiger partial charge is 0.269 e. The predicted octanol–water partition coefficient (Wildman–Crippen LogP) is 5.20. The quantitative estimate of drug-likeness (QED) is 0.706. The van der Waals surface area contributed by atoms with E-state index in [2.05, 4.69) is 31.2 Å². The molecule has 3 nitrogen and oxygen atoms in total. The first kappa shape index (κ1) is 16.9. The number of imide groups is 1. The molecule has 2 amide bonds. The summed E-state index contributed by atoms with van der Waals surface area (Å²) >= 11 is 2.70. The van der Waals surface area contributed by atoms with Crippen LogP contribution in [0.25, 0.3) is 6.08 Å². The monoisotopic (exact) mass is 355 g/mol. The number of rotatable bonds is 4. The van der Waals surface area contributed by atoms with Crippen molar-refractivity contribution in [2.24, 2.45) is 0 Å². The minimum Gasteiger partial charge on any atom is -0.269 e. The molecule has 24 heavy (non-hydrogen) atoms. The zero-order valence-corrected chi connectivity index (χ0v) is 15.1. The molecule has 0 spiro atoms. The van der Waals surface area contributed by atoms with Crippen LogP contribution in [0.15, 0.2) is 63.2 Å². The Hall–Kier alpha value is -1.98. The minimum atomic E-state index is -0.203. The Kier molecular flexibility index (Phi) is 5.11. The zero-order valence-electron chi connectivity index (χ0n) is 13.5. The van der Waals surface area contributed by atoms with Gasteiger partial charge in [0, 0.05) is 16.3 Å². The second kappa shape index (κ2) is 7.28. The van der Waals surface area contributed by atoms with Crippen LogP contribution >= 0.6 is 23.5 Å². The normalized spacial score (nSPS) is 16.2. The molecular weight excluding hydrogens is 338 g/mol. The third-order valence-corrected chi connectivity index (χ3v) is 5.55. The Morgan fingerprint density at radius 2 is 1.58 bits per heavy atom. The van der Waals surface area contributed by atoms with Crippen LogP contribution in [-0.2, 0) is 4.79 Å². The lowest BCUT2D eigenvalue weighted by Crippen LogP contribution is -2.27. The van der Waals surface area contributed by atoms with Crippen LogP contribution in [0, 0.1) is 6.92 Å². The maximum absolute atomic E-state index is 12.1. The highest BCUT2D eigenvalue weighted by molar-refractivity contribution is 8.18. The Morgan fingerprint density at radius 1 is 1.00 bits per heavy atom. The highest BCUT2D eigenvalue weighted by Crippen LogP contribution is 2.33. The van der Waals surface area contributed by atoms with E-state index in [9.17, 15) is 9.59 Å². The summed E-state index contributed by atoms with van der Waals surface area (Å²) in [5.41, 5.74) is 2.17. The molecule has 0 atom stereocenters. The summed E-state index contributed by atoms with van der Waals surface area (Å²) in [5.74, 6) is -0.203. The molecular formula is C19H17NO2S2. The average Bonchev–Trinajstić information content (AvgIpc) is 2.85. The van der Waals surface area contributed by atoms with Crippen molar-refractivity contribution in [1.29, 1.82) is 0 Å². The maximum atomic E-state index is 12.1. The van der Waals surface area contributed by atoms with Crippen LogP contribution in [-0.4, -0.2) is 22.6 Å². The van der Waals surface area contributed by atoms with E-state index in [4.69, 9.17) is 0 Å². The van der Waals surface area contributed by atoms with Crippen molar-refractivity contribution in [3.63, 3.8) is 0 Å². The number of thioether (sulfide) groups is 1. The van der Waals surface area contributed by atoms with Gasteiger partial charge in [-0.15, -0.1) is 0 Å². The van der Waals surface area contributed by atoms with Crippen molar-refractivity contribution < 1.29 is 9.59 Å². The van der Waals surface area contributed by atoms with Gasteiger partial charge in [0.2, 0.25) is 0 Å². The fourth-order valence-corrected chi connectivity index (χ4v) is 4.02. The third kappa shape index (κ3) is 3.74. The fourth-order valence-electron chi connectivity index (χ4n) is 2.30. The van der Waals surface area contributed by atoms with E-state index >= 15 is 0 Å². The van der Waals surface area contributed by atoms with Crippen molar-refractivity contribution in [3.05, 3.63) is 64.6 Å². The van der Waals surface area contributed by atoms with E-state index in [1.807, 2.05) is 24.3 Å². The molecule has 1 aliphatic heterocycles. The summed E-state index contributed by atoms with van der Waals surface area (Å²) in [7, 11) is 0. The van der Waals surface area contributed by atoms with E-state index in [-0.39, 0.29) is 11.1 Å². The first-order valence-electron chi connectivity index (χ1n) is 7.67. The molecule has 0 N–H and O–H groups in total. The molecule has 0 unspecified atom stereocenters. The first-order valence-corrected chi connectivity index (χ1v) is 9.30. The van der Waals surface area contributed by atoms with Gasteiger partial charge >= 0.3 is 0 Å². The van der Waals surface area contributed by atoms with Crippen molar-refractivity contribution in [3.8, 4) is 0 Å². The van der Waals surface area contributed by atoms with Crippen molar-refractivity contribution in [2.75, 3.05) is 6.54 Å². The molecule has 1 saturated heterocycles. The molecule has 0 aliphatic carbocycles. The van der Waals surface area contributed by atoms with E-state index in [0.29, 0.717) is 11.4 Å². The molecule has 122 valence electrons. The second-order valence-corrected chi connectivity index (χ2v) is 7.55. The fraction of sp³-hybridized carbons (Fsp3) is 0.158. The Balaban J connectivity index is 1.73. The summed E-state index contributed by atoms with van der Waals surface area (Å²) in [4.78, 5) is 27.9. The zero-order chi connectivity index (χ0) is 17.1. The predicted molar refractivity (Wildman–Crippen MR) is 100 cm³/mol. The first-order chi connectivity index (χ1) is 11.6. The van der Waals surface area contributed by atoms with E-state index < -0.39 is 0 Å². The van der Waals surface area contributed by atoms with Crippen LogP contribution in [0.1, 0.15) is 18.1 Å². The van der Waals surface area contributed by atoms with E-state index in [1.165, 1.54) is 15.4 Å². The molecule has 0 aromatic heterocycles. The van der Waals surface area contributed by atoms with Gasteiger partial charge in [-0.05, 0) is 61.5 Å². The van der Waals surface area contributed by atoms with Gasteiger partial charge in [-0.2, -0.15) is 0 Å². The van der Waals surface area contributed by atoms with Crippen molar-refractivity contribution in [2.45, 2.75) is 23.6 Å². The second-order valence-electron chi connectivity index (χ2n) is 5.41. The summed E-state index contributed by atoms with van der Waals surface area (Å²) in [6.07, 6.45) is 1.78. The summed E-state index contributed by atoms with van der Waals surface area (Å²) in [6.45, 7) is 4.29. The van der Waals surface area contributed by atoms with Crippen LogP contribution in [0.5, 0.6) is 0 Å². The lowest BCUT2D eigenvalue weighted by Gasteiger charge is -2.07. The highest BCUT2D eigenvalue weighted by Gasteiger charge is 2.33. The summed E-state index contributed by atoms with van der Waals surface area (Å²) in [5, 5.41) is -0.194. The number of hydrogen-bond acceptors (Lipinski definition) is 4. The molecule has 1 fully saturated rings. The molecule has 2 aromatic rings. The molecule has 0 radical (unpaired) electrons. The van der Waals surface area contributed by atoms with E-state index in [0.717, 1.165) is 22.2 Å². The van der Waals surface area contributed by atoms with Crippen LogP contribution in [0.3, 0.4) is 0 Å². The summed E-state index contributed by atoms with van der Waals surface area (Å²) < 4.78 is 0. The lowest BCUT2D eigenvalue weighted by atomic mass is 10.2. The van der Waals surface area contributed by atoms with E-state index in [1.54, 1.807) is 24.8 Å². The SMILES string of the molecule is CCN1C(=O)S/C(=C\c2ccc(Sc3ccc(C)cc3)cc2)C1=O. The Bertz CT molecular complexity index is 795. The van der Waals surface area contributed by atoms with Gasteiger partial charge < -0.3 is 0 Å². The average molecular weight is 355 g/mol. The maximum Gasteiger partial charge on any atom is 0.293 e. The third-order valence-electron chi connectivity index (χ3n) is 3.62. The van der Waals surface area contributed by atoms with Gasteiger partial charge in [0.15, 0.2) is 0 Å². The van der Waals surface area contributed by atoms with Gasteiger partial charge in [-0.25, -0.2) is 0 Å². The topological polar surface area (TPSA) is 37.4 Å². The number of benzene rings is 2. The number of carbonyl (C=O) groups is 2. The van der Waals surface area contributed by atoms with Gasteiger partial charge in [0.05, 0.1) is 4.91 Å². The molecule has 1 heterocycles. The van der Waals surface area contributed by atoms with Gasteiger partial charge in [0.25, 0.3) is 11.1 Å². The molecule has 2 aromatic carbocycles. The van der Waals surface area contributed by atoms with Crippen LogP contribution < -0.4 is 0 Å². The number of carbonyl (C=O) groups excluding carboxylic acids is 2. The van der Waals surface area contributed by atoms with Gasteiger partial charge in [0.1, 0.15) is 0 Å². The van der Waals surface area contributed by atoms with Crippen molar-refractivity contribution in [1.82, 2.24) is 4.90 Å². The molecule has 0 bridgehead atoms. The highest BCUT2D eigenvalue weighted by atomic mass is 32.2. The number of aryl methyl sites for hydroxylation is 1. The number of amides is 2. The van der Waals surface area contributed by atoms with Crippen LogP contribution in [0.2, 0.25) is 0 Å². The number of hydrogen-bond donors (Lipinski definition) is 0. The molecule has 5 heteroatoms. The minimum absolute atomic E-state index is 0.194. The molecule has 3 rings (SSSR count). The lowest BCUT2D eigenvalue weighted by molar-refractivity contribution is -0.122. The number of likely N-dealkylation sites (N-methyl/N-ethyl adjacent to an activating group) is 1. The standard InChI is InChI=1S/C19H17NO2S2/c1-3-20-18(21)17(24-19(20)22)12-14-6-10-16(11-7-14)23-15-8-4-13(2)5-9-15/h4-12H,3H2,1-2H3/b17-12-. The number of nitrogens with zero attached hydrogens (tertiary/aromatic N) is 1. The van der Waals surface area contributed by atoms with Crippen molar-refractivity contribution >= 4 is 40.7 Å².